The number of fused-ring (bicyclic) bond motifs is 1. The molecule has 0 unspecified atom stereocenters. The third kappa shape index (κ3) is 5.04. The highest BCUT2D eigenvalue weighted by molar-refractivity contribution is 8.04. The van der Waals surface area contributed by atoms with Crippen LogP contribution in [0.2, 0.25) is 0 Å². The summed E-state index contributed by atoms with van der Waals surface area (Å²) in [6.45, 7) is 5.50. The fourth-order valence-electron chi connectivity index (χ4n) is 4.54. The van der Waals surface area contributed by atoms with Crippen LogP contribution in [0.5, 0.6) is 0 Å². The van der Waals surface area contributed by atoms with E-state index in [-0.39, 0.29) is 11.8 Å². The average Bonchev–Trinajstić information content (AvgIpc) is 3.17. The summed E-state index contributed by atoms with van der Waals surface area (Å²) in [6, 6.07) is 22.6. The summed E-state index contributed by atoms with van der Waals surface area (Å²) in [5.41, 5.74) is 4.79. The Kier molecular flexibility index (Phi) is 7.15. The van der Waals surface area contributed by atoms with E-state index in [0.29, 0.717) is 41.5 Å². The van der Waals surface area contributed by atoms with Gasteiger partial charge in [0.25, 0.3) is 11.8 Å². The van der Waals surface area contributed by atoms with Crippen LogP contribution in [0.15, 0.2) is 88.3 Å². The molecule has 0 fully saturated rings. The number of anilines is 1. The van der Waals surface area contributed by atoms with Gasteiger partial charge in [0.1, 0.15) is 10.6 Å². The number of rotatable bonds is 7. The maximum atomic E-state index is 13.8. The van der Waals surface area contributed by atoms with E-state index in [0.717, 1.165) is 28.9 Å². The third-order valence-electron chi connectivity index (χ3n) is 6.50. The van der Waals surface area contributed by atoms with Crippen molar-refractivity contribution in [2.75, 3.05) is 18.1 Å². The highest BCUT2D eigenvalue weighted by Crippen LogP contribution is 2.40. The Morgan fingerprint density at radius 3 is 2.32 bits per heavy atom. The van der Waals surface area contributed by atoms with Crippen LogP contribution in [-0.2, 0) is 27.3 Å². The monoisotopic (exact) mass is 512 g/mol. The van der Waals surface area contributed by atoms with Crippen molar-refractivity contribution in [1.29, 1.82) is 0 Å². The first-order valence-corrected chi connectivity index (χ1v) is 13.2. The van der Waals surface area contributed by atoms with Crippen LogP contribution in [0.1, 0.15) is 40.4 Å². The van der Waals surface area contributed by atoms with Crippen molar-refractivity contribution in [3.05, 3.63) is 106 Å². The molecule has 0 aliphatic carbocycles. The number of thioether (sulfide) groups is 1. The molecule has 37 heavy (non-hydrogen) atoms. The Labute approximate surface area is 220 Å². The van der Waals surface area contributed by atoms with Gasteiger partial charge in [0.2, 0.25) is 0 Å². The van der Waals surface area contributed by atoms with Gasteiger partial charge < -0.3 is 9.64 Å². The number of aryl methyl sites for hydroxylation is 1. The van der Waals surface area contributed by atoms with Crippen LogP contribution in [-0.4, -0.2) is 35.8 Å². The number of hydrogen-bond donors (Lipinski definition) is 0. The van der Waals surface area contributed by atoms with Crippen molar-refractivity contribution < 1.29 is 19.1 Å². The van der Waals surface area contributed by atoms with Gasteiger partial charge in [-0.05, 0) is 67.3 Å². The fraction of sp³-hybridized carbons (Fsp3) is 0.233. The first kappa shape index (κ1) is 24.8. The molecule has 2 amide bonds. The van der Waals surface area contributed by atoms with Gasteiger partial charge in [-0.15, -0.1) is 0 Å². The van der Waals surface area contributed by atoms with Gasteiger partial charge in [0.15, 0.2) is 0 Å². The van der Waals surface area contributed by atoms with Crippen LogP contribution in [0.4, 0.5) is 5.69 Å². The lowest BCUT2D eigenvalue weighted by atomic mass is 9.99. The minimum Gasteiger partial charge on any atom is -0.462 e. The zero-order valence-corrected chi connectivity index (χ0v) is 21.7. The molecule has 0 radical (unpaired) electrons. The maximum Gasteiger partial charge on any atom is 0.338 e. The number of nitrogens with zero attached hydrogens (tertiary/aromatic N) is 2. The quantitative estimate of drug-likeness (QED) is 0.308. The van der Waals surface area contributed by atoms with E-state index in [9.17, 15) is 14.4 Å². The van der Waals surface area contributed by atoms with Crippen molar-refractivity contribution in [3.63, 3.8) is 0 Å². The lowest BCUT2D eigenvalue weighted by molar-refractivity contribution is -0.121. The van der Waals surface area contributed by atoms with E-state index in [1.165, 1.54) is 22.2 Å². The van der Waals surface area contributed by atoms with Crippen molar-refractivity contribution in [3.8, 4) is 0 Å². The Bertz CT molecular complexity index is 1380. The lowest BCUT2D eigenvalue weighted by Gasteiger charge is -2.31. The normalized spacial score (nSPS) is 15.3. The Balaban J connectivity index is 1.48. The van der Waals surface area contributed by atoms with Crippen molar-refractivity contribution >= 4 is 35.2 Å². The average molecular weight is 513 g/mol. The molecule has 0 saturated carbocycles. The Morgan fingerprint density at radius 1 is 0.919 bits per heavy atom. The molecule has 0 spiro atoms. The number of benzene rings is 3. The van der Waals surface area contributed by atoms with Gasteiger partial charge in [-0.1, -0.05) is 60.6 Å². The molecule has 5 rings (SSSR count). The minimum absolute atomic E-state index is 0.343. The fourth-order valence-corrected chi connectivity index (χ4v) is 5.54. The predicted octanol–water partition coefficient (Wildman–Crippen LogP) is 5.50. The molecule has 0 saturated heterocycles. The summed E-state index contributed by atoms with van der Waals surface area (Å²) in [5, 5.41) is 0. The van der Waals surface area contributed by atoms with Gasteiger partial charge >= 0.3 is 5.97 Å². The summed E-state index contributed by atoms with van der Waals surface area (Å²) >= 11 is 1.32. The van der Waals surface area contributed by atoms with E-state index in [2.05, 4.69) is 12.1 Å². The van der Waals surface area contributed by atoms with Crippen LogP contribution in [0, 0.1) is 6.92 Å². The first-order valence-electron chi connectivity index (χ1n) is 12.4. The zero-order valence-electron chi connectivity index (χ0n) is 20.9. The van der Waals surface area contributed by atoms with Gasteiger partial charge in [0.05, 0.1) is 17.9 Å². The summed E-state index contributed by atoms with van der Waals surface area (Å²) in [7, 11) is 0. The second-order valence-corrected chi connectivity index (χ2v) is 10.2. The standard InChI is InChI=1S/C30H28N2O4S/c1-3-18-36-30(35)22-10-12-24(13-11-22)32-28(33)26(31-17-16-21-6-4-5-7-23(21)19-31)27(29(32)34)37-25-14-8-20(2)9-15-25/h4-15H,3,16-19H2,1-2H3. The molecule has 188 valence electrons. The van der Waals surface area contributed by atoms with Crippen LogP contribution in [0.25, 0.3) is 0 Å². The molecular weight excluding hydrogens is 484 g/mol. The molecule has 7 heteroatoms. The highest BCUT2D eigenvalue weighted by Gasteiger charge is 2.43. The Hall–Kier alpha value is -3.84. The topological polar surface area (TPSA) is 66.9 Å². The molecule has 2 aliphatic rings. The van der Waals surface area contributed by atoms with E-state index >= 15 is 0 Å². The summed E-state index contributed by atoms with van der Waals surface area (Å²) in [6.07, 6.45) is 1.54. The molecular formula is C30H28N2O4S. The predicted molar refractivity (Wildman–Crippen MR) is 144 cm³/mol. The molecule has 3 aromatic carbocycles. The molecule has 0 N–H and O–H groups in total. The lowest BCUT2D eigenvalue weighted by Crippen LogP contribution is -2.37. The Morgan fingerprint density at radius 2 is 1.62 bits per heavy atom. The molecule has 0 bridgehead atoms. The van der Waals surface area contributed by atoms with Crippen LogP contribution in [0.3, 0.4) is 0 Å². The van der Waals surface area contributed by atoms with Crippen LogP contribution < -0.4 is 4.90 Å². The molecule has 2 heterocycles. The number of hydrogen-bond acceptors (Lipinski definition) is 6. The van der Waals surface area contributed by atoms with Gasteiger partial charge in [0, 0.05) is 18.0 Å². The van der Waals surface area contributed by atoms with E-state index in [4.69, 9.17) is 4.74 Å². The molecule has 6 nitrogen and oxygen atoms in total. The molecule has 0 atom stereocenters. The number of carbonyl (C=O) groups excluding carboxylic acids is 3. The van der Waals surface area contributed by atoms with Crippen molar-refractivity contribution in [2.45, 2.75) is 38.1 Å². The SMILES string of the molecule is CCCOC(=O)c1ccc(N2C(=O)C(Sc3ccc(C)cc3)=C(N3CCc4ccccc4C3)C2=O)cc1. The second-order valence-electron chi connectivity index (χ2n) is 9.16. The van der Waals surface area contributed by atoms with Crippen LogP contribution >= 0.6 is 11.8 Å². The van der Waals surface area contributed by atoms with E-state index in [1.807, 2.05) is 55.1 Å². The number of ether oxygens (including phenoxy) is 1. The number of amides is 2. The molecule has 3 aromatic rings. The third-order valence-corrected chi connectivity index (χ3v) is 7.58. The van der Waals surface area contributed by atoms with E-state index in [1.54, 1.807) is 24.3 Å². The second kappa shape index (κ2) is 10.6. The molecule has 2 aliphatic heterocycles. The minimum atomic E-state index is -0.422. The zero-order chi connectivity index (χ0) is 25.9. The smallest absolute Gasteiger partial charge is 0.338 e. The van der Waals surface area contributed by atoms with Crippen molar-refractivity contribution in [2.24, 2.45) is 0 Å². The molecule has 0 aromatic heterocycles. The van der Waals surface area contributed by atoms with Gasteiger partial charge in [-0.2, -0.15) is 0 Å². The van der Waals surface area contributed by atoms with Gasteiger partial charge in [-0.25, -0.2) is 9.69 Å². The summed E-state index contributed by atoms with van der Waals surface area (Å²) in [4.78, 5) is 44.4. The van der Waals surface area contributed by atoms with E-state index < -0.39 is 5.97 Å². The summed E-state index contributed by atoms with van der Waals surface area (Å²) in [5.74, 6) is -1.13. The summed E-state index contributed by atoms with van der Waals surface area (Å²) < 4.78 is 5.20. The number of carbonyl (C=O) groups is 3. The van der Waals surface area contributed by atoms with Crippen molar-refractivity contribution in [1.82, 2.24) is 4.90 Å². The number of imide groups is 1. The largest absolute Gasteiger partial charge is 0.462 e. The number of esters is 1. The maximum absolute atomic E-state index is 13.8. The first-order chi connectivity index (χ1) is 18.0. The highest BCUT2D eigenvalue weighted by atomic mass is 32.2. The van der Waals surface area contributed by atoms with Gasteiger partial charge in [-0.3, -0.25) is 9.59 Å².